The number of aliphatic hydroxyl groups is 1. The van der Waals surface area contributed by atoms with E-state index in [9.17, 15) is 19.5 Å². The Morgan fingerprint density at radius 2 is 1.72 bits per heavy atom. The van der Waals surface area contributed by atoms with E-state index in [0.717, 1.165) is 50.1 Å². The molecular weight excluding hydrogens is 582 g/mol. The van der Waals surface area contributed by atoms with Crippen LogP contribution in [0.1, 0.15) is 79.1 Å². The zero-order chi connectivity index (χ0) is 33.5. The maximum atomic E-state index is 14.9. The maximum absolute atomic E-state index is 14.9. The lowest BCUT2D eigenvalue weighted by Crippen LogP contribution is -2.57. The van der Waals surface area contributed by atoms with Gasteiger partial charge < -0.3 is 29.3 Å². The molecule has 6 atom stereocenters. The van der Waals surface area contributed by atoms with E-state index in [0.29, 0.717) is 32.2 Å². The molecule has 2 bridgehead atoms. The van der Waals surface area contributed by atoms with Gasteiger partial charge in [-0.2, -0.15) is 0 Å². The van der Waals surface area contributed by atoms with Crippen molar-refractivity contribution in [3.05, 3.63) is 49.6 Å². The van der Waals surface area contributed by atoms with Crippen LogP contribution in [0.2, 0.25) is 0 Å². The Kier molecular flexibility index (Phi) is 12.1. The molecule has 3 unspecified atom stereocenters. The molecule has 3 aliphatic heterocycles. The van der Waals surface area contributed by atoms with E-state index in [1.165, 1.54) is 0 Å². The van der Waals surface area contributed by atoms with Crippen molar-refractivity contribution >= 4 is 29.2 Å². The first-order valence-corrected chi connectivity index (χ1v) is 17.3. The quantitative estimate of drug-likeness (QED) is 0.121. The number of carbonyl (C=O) groups is 3. The van der Waals surface area contributed by atoms with Crippen LogP contribution >= 0.6 is 0 Å². The maximum Gasteiger partial charge on any atom is 0.312 e. The van der Waals surface area contributed by atoms with E-state index >= 15 is 0 Å². The van der Waals surface area contributed by atoms with Gasteiger partial charge >= 0.3 is 5.97 Å². The van der Waals surface area contributed by atoms with Gasteiger partial charge in [0.05, 0.1) is 18.1 Å². The zero-order valence-corrected chi connectivity index (χ0v) is 28.4. The third kappa shape index (κ3) is 6.63. The number of amides is 2. The number of hydrogen-bond donors (Lipinski definition) is 1. The molecule has 3 saturated heterocycles. The third-order valence-electron chi connectivity index (χ3n) is 10.5. The van der Waals surface area contributed by atoms with Gasteiger partial charge in [-0.15, -0.1) is 13.2 Å². The molecule has 254 valence electrons. The van der Waals surface area contributed by atoms with Gasteiger partial charge in [-0.05, 0) is 89.5 Å². The molecule has 0 radical (unpaired) electrons. The molecular formula is C37H55N3O6. The van der Waals surface area contributed by atoms with Crippen molar-refractivity contribution in [3.63, 3.8) is 0 Å². The van der Waals surface area contributed by atoms with Gasteiger partial charge in [-0.3, -0.25) is 14.4 Å². The van der Waals surface area contributed by atoms with Crippen LogP contribution < -0.4 is 9.80 Å². The number of benzene rings is 1. The summed E-state index contributed by atoms with van der Waals surface area (Å²) in [7, 11) is 0. The summed E-state index contributed by atoms with van der Waals surface area (Å²) >= 11 is 0. The van der Waals surface area contributed by atoms with Crippen LogP contribution in [0.5, 0.6) is 0 Å². The first-order valence-electron chi connectivity index (χ1n) is 17.3. The number of aliphatic hydroxyl groups excluding tert-OH is 1. The van der Waals surface area contributed by atoms with E-state index in [1.54, 1.807) is 15.9 Å². The van der Waals surface area contributed by atoms with Crippen molar-refractivity contribution in [2.24, 2.45) is 17.8 Å². The van der Waals surface area contributed by atoms with Crippen LogP contribution in [-0.2, 0) is 23.9 Å². The third-order valence-corrected chi connectivity index (χ3v) is 10.5. The number of carbonyl (C=O) groups excluding carboxylic acids is 3. The van der Waals surface area contributed by atoms with Gasteiger partial charge in [-0.25, -0.2) is 0 Å². The Hall–Kier alpha value is -3.17. The topological polar surface area (TPSA) is 99.6 Å². The molecule has 2 amide bonds. The smallest absolute Gasteiger partial charge is 0.312 e. The van der Waals surface area contributed by atoms with Gasteiger partial charge in [0.1, 0.15) is 17.6 Å². The summed E-state index contributed by atoms with van der Waals surface area (Å²) in [6, 6.07) is 7.05. The number of ether oxygens (including phenoxy) is 2. The highest BCUT2D eigenvalue weighted by atomic mass is 16.6. The zero-order valence-electron chi connectivity index (χ0n) is 28.4. The van der Waals surface area contributed by atoms with Crippen molar-refractivity contribution in [2.75, 3.05) is 49.2 Å². The van der Waals surface area contributed by atoms with Crippen LogP contribution in [0, 0.1) is 17.8 Å². The largest absolute Gasteiger partial charge is 0.465 e. The Bertz CT molecular complexity index is 1230. The van der Waals surface area contributed by atoms with E-state index in [-0.39, 0.29) is 37.5 Å². The molecule has 4 rings (SSSR count). The van der Waals surface area contributed by atoms with Crippen LogP contribution in [-0.4, -0.2) is 84.4 Å². The number of allylic oxidation sites excluding steroid dienone is 1. The van der Waals surface area contributed by atoms with Crippen LogP contribution in [0.15, 0.2) is 49.6 Å². The number of unbranched alkanes of at least 4 members (excludes halogenated alkanes) is 5. The summed E-state index contributed by atoms with van der Waals surface area (Å²) in [5, 5.41) is 9.25. The first kappa shape index (κ1) is 35.7. The summed E-state index contributed by atoms with van der Waals surface area (Å²) in [6.45, 7) is 18.7. The Morgan fingerprint density at radius 1 is 1.04 bits per heavy atom. The summed E-state index contributed by atoms with van der Waals surface area (Å²) < 4.78 is 12.7. The fourth-order valence-electron chi connectivity index (χ4n) is 8.05. The van der Waals surface area contributed by atoms with Crippen molar-refractivity contribution in [2.45, 2.75) is 96.3 Å². The molecule has 3 aliphatic rings. The minimum Gasteiger partial charge on any atom is -0.465 e. The Labute approximate surface area is 275 Å². The Balaban J connectivity index is 1.70. The molecule has 0 aliphatic carbocycles. The summed E-state index contributed by atoms with van der Waals surface area (Å²) in [4.78, 5) is 48.8. The van der Waals surface area contributed by atoms with Gasteiger partial charge in [0.25, 0.3) is 5.91 Å². The number of likely N-dealkylation sites (tertiary alicyclic amines) is 1. The molecule has 1 aromatic rings. The second-order valence-corrected chi connectivity index (χ2v) is 13.3. The van der Waals surface area contributed by atoms with Crippen molar-refractivity contribution < 1.29 is 29.0 Å². The lowest BCUT2D eigenvalue weighted by Gasteiger charge is -2.37. The van der Waals surface area contributed by atoms with Crippen molar-refractivity contribution in [1.82, 2.24) is 4.90 Å². The first-order chi connectivity index (χ1) is 22.1. The molecule has 1 aromatic carbocycles. The van der Waals surface area contributed by atoms with Gasteiger partial charge in [0.15, 0.2) is 0 Å². The number of hydrogen-bond acceptors (Lipinski definition) is 7. The van der Waals surface area contributed by atoms with Crippen LogP contribution in [0.3, 0.4) is 0 Å². The average molecular weight is 638 g/mol. The molecule has 1 spiro atoms. The molecule has 3 fully saturated rings. The number of anilines is 2. The highest BCUT2D eigenvalue weighted by Gasteiger charge is 2.80. The van der Waals surface area contributed by atoms with Crippen LogP contribution in [0.25, 0.3) is 0 Å². The normalized spacial score (nSPS) is 27.8. The molecule has 9 heteroatoms. The van der Waals surface area contributed by atoms with E-state index in [1.807, 2.05) is 44.2 Å². The van der Waals surface area contributed by atoms with E-state index in [4.69, 9.17) is 9.47 Å². The number of fused-ring (bicyclic) bond motifs is 1. The highest BCUT2D eigenvalue weighted by Crippen LogP contribution is 2.65. The number of nitrogens with zero attached hydrogens (tertiary/aromatic N) is 3. The van der Waals surface area contributed by atoms with Crippen molar-refractivity contribution in [1.29, 1.82) is 0 Å². The molecule has 3 heterocycles. The van der Waals surface area contributed by atoms with Crippen LogP contribution in [0.4, 0.5) is 11.4 Å². The van der Waals surface area contributed by atoms with Crippen molar-refractivity contribution in [3.8, 4) is 0 Å². The standard InChI is InChI=1S/C37H55N3O6/c1-7-11-12-17-25-45-35(44)31-30-33(42)40(23-15-13-14-16-24-41)32(37(30)26-27(5)36(31,6)46-37)34(43)39(22-8-2)29-20-18-28(19-21-29)38(9-3)10-4/h7-8,18-21,27,30-32,41H,1-2,9-17,22-26H2,3-6H3/t27?,30-,31+,32?,36-,37?/m0/s1. The lowest BCUT2D eigenvalue weighted by atomic mass is 9.62. The van der Waals surface area contributed by atoms with Gasteiger partial charge in [0.2, 0.25) is 5.91 Å². The summed E-state index contributed by atoms with van der Waals surface area (Å²) in [5.41, 5.74) is -0.262. The number of rotatable bonds is 19. The second-order valence-electron chi connectivity index (χ2n) is 13.3. The monoisotopic (exact) mass is 637 g/mol. The lowest BCUT2D eigenvalue weighted by molar-refractivity contribution is -0.161. The van der Waals surface area contributed by atoms with E-state index in [2.05, 4.69) is 31.9 Å². The molecule has 0 aromatic heterocycles. The molecule has 0 saturated carbocycles. The van der Waals surface area contributed by atoms with Gasteiger partial charge in [0, 0.05) is 44.2 Å². The SMILES string of the molecule is C=CCCCCOC(=O)[C@H]1[C@H]2C(=O)N(CCCCCCO)C(C(=O)N(CC=C)c3ccc(N(CC)CC)cc3)C23CC(C)[C@]1(C)O3. The summed E-state index contributed by atoms with van der Waals surface area (Å²) in [5.74, 6) is -2.50. The minimum atomic E-state index is -1.14. The average Bonchev–Trinajstić information content (AvgIpc) is 3.56. The predicted octanol–water partition coefficient (Wildman–Crippen LogP) is 5.51. The summed E-state index contributed by atoms with van der Waals surface area (Å²) in [6.07, 6.45) is 9.51. The second kappa shape index (κ2) is 15.6. The number of esters is 1. The van der Waals surface area contributed by atoms with Gasteiger partial charge in [-0.1, -0.05) is 31.9 Å². The predicted molar refractivity (Wildman–Crippen MR) is 182 cm³/mol. The fourth-order valence-corrected chi connectivity index (χ4v) is 8.05. The molecule has 46 heavy (non-hydrogen) atoms. The Morgan fingerprint density at radius 3 is 2.35 bits per heavy atom. The molecule has 1 N–H and O–H groups in total. The minimum absolute atomic E-state index is 0.0594. The van der Waals surface area contributed by atoms with E-state index < -0.39 is 35.0 Å². The fraction of sp³-hybridized carbons (Fsp3) is 0.649. The highest BCUT2D eigenvalue weighted by molar-refractivity contribution is 6.05. The molecule has 9 nitrogen and oxygen atoms in total.